The van der Waals surface area contributed by atoms with Crippen LogP contribution >= 0.6 is 0 Å². The van der Waals surface area contributed by atoms with Crippen LogP contribution in [0, 0.1) is 11.6 Å². The highest BCUT2D eigenvalue weighted by Gasteiger charge is 2.38. The fourth-order valence-electron chi connectivity index (χ4n) is 3.58. The molecule has 1 amide bonds. The summed E-state index contributed by atoms with van der Waals surface area (Å²) < 4.78 is 26.8. The van der Waals surface area contributed by atoms with Gasteiger partial charge < -0.3 is 14.8 Å². The zero-order valence-electron chi connectivity index (χ0n) is 14.8. The molecule has 0 unspecified atom stereocenters. The second-order valence-electron chi connectivity index (χ2n) is 6.69. The third-order valence-corrected chi connectivity index (χ3v) is 4.92. The predicted molar refractivity (Wildman–Crippen MR) is 95.4 cm³/mol. The lowest BCUT2D eigenvalue weighted by atomic mass is 9.93. The van der Waals surface area contributed by atoms with Gasteiger partial charge in [0.05, 0.1) is 12.1 Å². The van der Waals surface area contributed by atoms with E-state index < -0.39 is 18.2 Å². The number of carboxylic acid groups (broad SMARTS) is 1. The molecule has 0 radical (unpaired) electrons. The minimum absolute atomic E-state index is 0.0406. The SMILES string of the molecule is C[C@H]1CN(C(c2ccc(F)cc2)c2ccc(F)cc2)[C@H](C=O)CN1C(=O)O. The third-order valence-electron chi connectivity index (χ3n) is 4.92. The van der Waals surface area contributed by atoms with Gasteiger partial charge in [-0.25, -0.2) is 13.6 Å². The summed E-state index contributed by atoms with van der Waals surface area (Å²) in [6.45, 7) is 2.13. The lowest BCUT2D eigenvalue weighted by Gasteiger charge is -2.45. The summed E-state index contributed by atoms with van der Waals surface area (Å²) >= 11 is 0. The van der Waals surface area contributed by atoms with Crippen LogP contribution in [0.3, 0.4) is 0 Å². The van der Waals surface area contributed by atoms with Crippen molar-refractivity contribution >= 4 is 12.4 Å². The molecular formula is C20H20F2N2O3. The van der Waals surface area contributed by atoms with Crippen molar-refractivity contribution in [2.45, 2.75) is 25.0 Å². The lowest BCUT2D eigenvalue weighted by molar-refractivity contribution is -0.116. The van der Waals surface area contributed by atoms with Crippen molar-refractivity contribution in [3.63, 3.8) is 0 Å². The van der Waals surface area contributed by atoms with Gasteiger partial charge in [-0.15, -0.1) is 0 Å². The van der Waals surface area contributed by atoms with Crippen molar-refractivity contribution in [2.75, 3.05) is 13.1 Å². The Bertz CT molecular complexity index is 765. The van der Waals surface area contributed by atoms with E-state index in [1.165, 1.54) is 29.2 Å². The van der Waals surface area contributed by atoms with Gasteiger partial charge in [0, 0.05) is 19.1 Å². The van der Waals surface area contributed by atoms with Gasteiger partial charge in [-0.1, -0.05) is 24.3 Å². The molecule has 1 aliphatic heterocycles. The number of amides is 1. The molecule has 1 heterocycles. The van der Waals surface area contributed by atoms with E-state index in [9.17, 15) is 23.5 Å². The first-order chi connectivity index (χ1) is 12.9. The molecule has 1 saturated heterocycles. The predicted octanol–water partition coefficient (Wildman–Crippen LogP) is 3.31. The Labute approximate surface area is 155 Å². The Hall–Kier alpha value is -2.80. The molecule has 1 fully saturated rings. The summed E-state index contributed by atoms with van der Waals surface area (Å²) in [7, 11) is 0. The molecule has 2 aromatic carbocycles. The van der Waals surface area contributed by atoms with E-state index in [4.69, 9.17) is 0 Å². The first-order valence-electron chi connectivity index (χ1n) is 8.62. The zero-order valence-corrected chi connectivity index (χ0v) is 14.8. The number of nitrogens with zero attached hydrogens (tertiary/aromatic N) is 2. The number of carbonyl (C=O) groups excluding carboxylic acids is 1. The number of aldehydes is 1. The first-order valence-corrected chi connectivity index (χ1v) is 8.62. The number of piperazine rings is 1. The monoisotopic (exact) mass is 374 g/mol. The van der Waals surface area contributed by atoms with E-state index in [1.54, 1.807) is 31.2 Å². The molecule has 1 aliphatic rings. The maximum absolute atomic E-state index is 13.4. The van der Waals surface area contributed by atoms with Crippen LogP contribution in [0.1, 0.15) is 24.1 Å². The zero-order chi connectivity index (χ0) is 19.6. The van der Waals surface area contributed by atoms with Crippen LogP contribution < -0.4 is 0 Å². The normalized spacial score (nSPS) is 20.7. The molecule has 3 rings (SSSR count). The average Bonchev–Trinajstić information content (AvgIpc) is 2.65. The molecule has 142 valence electrons. The number of carbonyl (C=O) groups is 2. The van der Waals surface area contributed by atoms with Gasteiger partial charge in [0.2, 0.25) is 0 Å². The molecule has 2 atom stereocenters. The van der Waals surface area contributed by atoms with Crippen LogP contribution in [0.4, 0.5) is 13.6 Å². The van der Waals surface area contributed by atoms with Crippen LogP contribution in [0.15, 0.2) is 48.5 Å². The van der Waals surface area contributed by atoms with E-state index in [0.717, 1.165) is 17.4 Å². The fraction of sp³-hybridized carbons (Fsp3) is 0.300. The van der Waals surface area contributed by atoms with Gasteiger partial charge in [-0.3, -0.25) is 4.90 Å². The molecule has 1 N–H and O–H groups in total. The topological polar surface area (TPSA) is 60.9 Å². The molecule has 7 heteroatoms. The summed E-state index contributed by atoms with van der Waals surface area (Å²) in [6.07, 6.45) is -0.351. The molecule has 0 bridgehead atoms. The molecule has 0 spiro atoms. The molecule has 0 saturated carbocycles. The summed E-state index contributed by atoms with van der Waals surface area (Å²) in [5, 5.41) is 9.35. The first kappa shape index (κ1) is 19.0. The van der Waals surface area contributed by atoms with Crippen molar-refractivity contribution in [3.05, 3.63) is 71.3 Å². The van der Waals surface area contributed by atoms with E-state index >= 15 is 0 Å². The fourth-order valence-corrected chi connectivity index (χ4v) is 3.58. The van der Waals surface area contributed by atoms with Crippen molar-refractivity contribution in [1.29, 1.82) is 0 Å². The lowest BCUT2D eigenvalue weighted by Crippen LogP contribution is -2.60. The van der Waals surface area contributed by atoms with Crippen LogP contribution in [0.25, 0.3) is 0 Å². The minimum atomic E-state index is -1.07. The smallest absolute Gasteiger partial charge is 0.407 e. The molecule has 0 aromatic heterocycles. The largest absolute Gasteiger partial charge is 0.465 e. The highest BCUT2D eigenvalue weighted by atomic mass is 19.1. The van der Waals surface area contributed by atoms with Gasteiger partial charge >= 0.3 is 6.09 Å². The van der Waals surface area contributed by atoms with Gasteiger partial charge in [-0.2, -0.15) is 0 Å². The van der Waals surface area contributed by atoms with Gasteiger partial charge in [0.15, 0.2) is 0 Å². The highest BCUT2D eigenvalue weighted by molar-refractivity contribution is 5.68. The molecule has 0 aliphatic carbocycles. The second kappa shape index (κ2) is 7.84. The Balaban J connectivity index is 2.03. The van der Waals surface area contributed by atoms with Crippen molar-refractivity contribution in [1.82, 2.24) is 9.80 Å². The number of hydrogen-bond acceptors (Lipinski definition) is 3. The summed E-state index contributed by atoms with van der Waals surface area (Å²) in [6, 6.07) is 10.4. The molecule has 27 heavy (non-hydrogen) atoms. The van der Waals surface area contributed by atoms with E-state index in [2.05, 4.69) is 0 Å². The van der Waals surface area contributed by atoms with E-state index in [1.807, 2.05) is 4.90 Å². The Kier molecular flexibility index (Phi) is 5.51. The van der Waals surface area contributed by atoms with Crippen molar-refractivity contribution in [3.8, 4) is 0 Å². The van der Waals surface area contributed by atoms with Gasteiger partial charge in [0.1, 0.15) is 17.9 Å². The standard InChI is InChI=1S/C20H20F2N2O3/c1-13-10-24(18(12-25)11-23(13)20(26)27)19(14-2-6-16(21)7-3-14)15-4-8-17(22)9-5-15/h2-9,12-13,18-19H,10-11H2,1H3,(H,26,27)/t13-,18-/m0/s1. The Morgan fingerprint density at radius 2 is 1.52 bits per heavy atom. The average molecular weight is 374 g/mol. The van der Waals surface area contributed by atoms with Crippen LogP contribution in [0.2, 0.25) is 0 Å². The summed E-state index contributed by atoms with van der Waals surface area (Å²) in [5.41, 5.74) is 1.48. The maximum Gasteiger partial charge on any atom is 0.407 e. The second-order valence-corrected chi connectivity index (χ2v) is 6.69. The summed E-state index contributed by atoms with van der Waals surface area (Å²) in [5.74, 6) is -0.764. The van der Waals surface area contributed by atoms with Gasteiger partial charge in [-0.05, 0) is 42.3 Å². The highest BCUT2D eigenvalue weighted by Crippen LogP contribution is 2.33. The number of hydrogen-bond donors (Lipinski definition) is 1. The number of halogens is 2. The van der Waals surface area contributed by atoms with Crippen LogP contribution in [0.5, 0.6) is 0 Å². The summed E-state index contributed by atoms with van der Waals surface area (Å²) in [4.78, 5) is 26.3. The van der Waals surface area contributed by atoms with Gasteiger partial charge in [0.25, 0.3) is 0 Å². The van der Waals surface area contributed by atoms with Crippen molar-refractivity contribution < 1.29 is 23.5 Å². The third kappa shape index (κ3) is 3.98. The van der Waals surface area contributed by atoms with Crippen LogP contribution in [-0.4, -0.2) is 52.5 Å². The van der Waals surface area contributed by atoms with E-state index in [0.29, 0.717) is 6.54 Å². The molecule has 2 aromatic rings. The Morgan fingerprint density at radius 3 is 1.93 bits per heavy atom. The maximum atomic E-state index is 13.4. The number of benzene rings is 2. The molecule has 5 nitrogen and oxygen atoms in total. The van der Waals surface area contributed by atoms with Crippen molar-refractivity contribution in [2.24, 2.45) is 0 Å². The van der Waals surface area contributed by atoms with Crippen LogP contribution in [-0.2, 0) is 4.79 Å². The minimum Gasteiger partial charge on any atom is -0.465 e. The Morgan fingerprint density at radius 1 is 1.04 bits per heavy atom. The molecular weight excluding hydrogens is 354 g/mol. The van der Waals surface area contributed by atoms with E-state index in [-0.39, 0.29) is 24.2 Å². The quantitative estimate of drug-likeness (QED) is 0.835. The number of rotatable bonds is 4.